The van der Waals surface area contributed by atoms with Gasteiger partial charge in [-0.25, -0.2) is 19.6 Å². The average molecular weight is 377 g/mol. The molecule has 1 aliphatic rings. The number of hydrogen-bond acceptors (Lipinski definition) is 4. The molecular formula is C23H40N2O2. The van der Waals surface area contributed by atoms with Crippen LogP contribution in [-0.4, -0.2) is 25.2 Å². The van der Waals surface area contributed by atoms with Gasteiger partial charge in [-0.1, -0.05) is 58.8 Å². The summed E-state index contributed by atoms with van der Waals surface area (Å²) in [4.78, 5) is 27.9. The molecule has 0 saturated heterocycles. The van der Waals surface area contributed by atoms with Crippen molar-refractivity contribution in [3.63, 3.8) is 0 Å². The zero-order chi connectivity index (χ0) is 19.7. The Labute approximate surface area is 166 Å². The van der Waals surface area contributed by atoms with E-state index >= 15 is 0 Å². The topological polar surface area (TPSA) is 58.9 Å². The molecule has 0 radical (unpaired) electrons. The van der Waals surface area contributed by atoms with Gasteiger partial charge in [-0.05, 0) is 62.2 Å². The van der Waals surface area contributed by atoms with Crippen molar-refractivity contribution in [2.75, 3.05) is 13.1 Å². The average Bonchev–Trinajstić information content (AvgIpc) is 2.68. The van der Waals surface area contributed by atoms with E-state index in [0.29, 0.717) is 13.1 Å². The molecule has 0 heterocycles. The summed E-state index contributed by atoms with van der Waals surface area (Å²) >= 11 is 0. The summed E-state index contributed by atoms with van der Waals surface area (Å²) in [7, 11) is 0. The van der Waals surface area contributed by atoms with E-state index < -0.39 is 0 Å². The van der Waals surface area contributed by atoms with Gasteiger partial charge in [0.15, 0.2) is 0 Å². The lowest BCUT2D eigenvalue weighted by molar-refractivity contribution is 0.0599. The number of aliphatic imine (C=N–C) groups is 2. The number of unbranched alkanes of at least 4 members (excludes halogenated alkanes) is 3. The molecular weight excluding hydrogens is 336 g/mol. The molecule has 1 fully saturated rings. The molecule has 0 amide bonds. The Morgan fingerprint density at radius 2 is 1.19 bits per heavy atom. The summed E-state index contributed by atoms with van der Waals surface area (Å²) in [6.45, 7) is 5.88. The largest absolute Gasteiger partial charge is 0.234 e. The van der Waals surface area contributed by atoms with Crippen LogP contribution in [0.15, 0.2) is 9.98 Å². The predicted molar refractivity (Wildman–Crippen MR) is 111 cm³/mol. The summed E-state index contributed by atoms with van der Waals surface area (Å²) in [5.41, 5.74) is 0. The second kappa shape index (κ2) is 15.8. The van der Waals surface area contributed by atoms with Crippen LogP contribution >= 0.6 is 0 Å². The number of isocyanates is 2. The van der Waals surface area contributed by atoms with Gasteiger partial charge < -0.3 is 0 Å². The minimum atomic E-state index is 0.627. The molecule has 0 N–H and O–H groups in total. The van der Waals surface area contributed by atoms with Crippen molar-refractivity contribution in [1.29, 1.82) is 0 Å². The lowest BCUT2D eigenvalue weighted by Crippen LogP contribution is -2.35. The van der Waals surface area contributed by atoms with Crippen molar-refractivity contribution in [1.82, 2.24) is 0 Å². The maximum Gasteiger partial charge on any atom is 0.234 e. The molecule has 0 bridgehead atoms. The van der Waals surface area contributed by atoms with E-state index in [1.165, 1.54) is 70.6 Å². The van der Waals surface area contributed by atoms with Crippen molar-refractivity contribution >= 4 is 12.2 Å². The first-order chi connectivity index (χ1) is 13.3. The monoisotopic (exact) mass is 376 g/mol. The standard InChI is InChI=1S/C23H40N2O2/c1-3-5-12-22-20(10-4-2)14-15-21(11-6-8-16-24-18-26)23(22)13-7-9-17-25-19-27/h20-23H,3-17H2,1-2H3. The molecule has 154 valence electrons. The molecule has 0 aromatic rings. The molecule has 1 saturated carbocycles. The van der Waals surface area contributed by atoms with Gasteiger partial charge in [0, 0.05) is 0 Å². The Morgan fingerprint density at radius 3 is 1.70 bits per heavy atom. The molecule has 4 nitrogen and oxygen atoms in total. The van der Waals surface area contributed by atoms with Gasteiger partial charge in [-0.15, -0.1) is 0 Å². The molecule has 0 spiro atoms. The molecule has 1 rings (SSSR count). The van der Waals surface area contributed by atoms with Gasteiger partial charge in [-0.2, -0.15) is 0 Å². The van der Waals surface area contributed by atoms with Crippen LogP contribution in [-0.2, 0) is 9.59 Å². The third-order valence-electron chi connectivity index (χ3n) is 6.50. The molecule has 27 heavy (non-hydrogen) atoms. The highest BCUT2D eigenvalue weighted by Gasteiger charge is 2.37. The lowest BCUT2D eigenvalue weighted by atomic mass is 9.61. The van der Waals surface area contributed by atoms with Gasteiger partial charge in [-0.3, -0.25) is 0 Å². The Bertz CT molecular complexity index is 467. The Hall–Kier alpha value is -1.24. The van der Waals surface area contributed by atoms with Crippen LogP contribution in [0.5, 0.6) is 0 Å². The van der Waals surface area contributed by atoms with E-state index in [1.54, 1.807) is 12.2 Å². The summed E-state index contributed by atoms with van der Waals surface area (Å²) in [5, 5.41) is 0. The Morgan fingerprint density at radius 1 is 0.667 bits per heavy atom. The fourth-order valence-electron chi connectivity index (χ4n) is 5.24. The molecule has 0 aromatic heterocycles. The quantitative estimate of drug-likeness (QED) is 0.193. The second-order valence-electron chi connectivity index (χ2n) is 8.29. The highest BCUT2D eigenvalue weighted by Crippen LogP contribution is 2.47. The van der Waals surface area contributed by atoms with Crippen LogP contribution in [0, 0.1) is 23.7 Å². The number of carbonyl (C=O) groups excluding carboxylic acids is 2. The molecule has 0 aliphatic heterocycles. The van der Waals surface area contributed by atoms with Crippen LogP contribution in [0.25, 0.3) is 0 Å². The van der Waals surface area contributed by atoms with Crippen LogP contribution in [0.4, 0.5) is 0 Å². The minimum Gasteiger partial charge on any atom is -0.211 e. The van der Waals surface area contributed by atoms with E-state index in [2.05, 4.69) is 23.8 Å². The van der Waals surface area contributed by atoms with E-state index in [4.69, 9.17) is 0 Å². The summed E-state index contributed by atoms with van der Waals surface area (Å²) < 4.78 is 0. The zero-order valence-electron chi connectivity index (χ0n) is 17.6. The Kier molecular flexibility index (Phi) is 13.9. The van der Waals surface area contributed by atoms with Crippen LogP contribution in [0.2, 0.25) is 0 Å². The summed E-state index contributed by atoms with van der Waals surface area (Å²) in [5.74, 6) is 3.40. The molecule has 4 atom stereocenters. The predicted octanol–water partition coefficient (Wildman–Crippen LogP) is 6.25. The fraction of sp³-hybridized carbons (Fsp3) is 0.913. The van der Waals surface area contributed by atoms with Gasteiger partial charge in [0.25, 0.3) is 0 Å². The third-order valence-corrected chi connectivity index (χ3v) is 6.50. The normalized spacial score (nSPS) is 24.8. The zero-order valence-corrected chi connectivity index (χ0v) is 17.6. The van der Waals surface area contributed by atoms with Gasteiger partial charge in [0.1, 0.15) is 0 Å². The van der Waals surface area contributed by atoms with Crippen LogP contribution in [0.1, 0.15) is 97.3 Å². The van der Waals surface area contributed by atoms with Crippen molar-refractivity contribution in [3.8, 4) is 0 Å². The van der Waals surface area contributed by atoms with Crippen LogP contribution in [0.3, 0.4) is 0 Å². The van der Waals surface area contributed by atoms with Crippen molar-refractivity contribution in [2.24, 2.45) is 33.7 Å². The first-order valence-corrected chi connectivity index (χ1v) is 11.4. The fourth-order valence-corrected chi connectivity index (χ4v) is 5.24. The van der Waals surface area contributed by atoms with Gasteiger partial charge in [0.2, 0.25) is 12.2 Å². The summed E-state index contributed by atoms with van der Waals surface area (Å²) in [6, 6.07) is 0. The first kappa shape index (κ1) is 23.8. The Balaban J connectivity index is 2.71. The summed E-state index contributed by atoms with van der Waals surface area (Å²) in [6.07, 6.45) is 19.6. The van der Waals surface area contributed by atoms with Gasteiger partial charge in [0.05, 0.1) is 13.1 Å². The smallest absolute Gasteiger partial charge is 0.211 e. The molecule has 0 aromatic carbocycles. The third kappa shape index (κ3) is 9.49. The number of nitrogens with zero attached hydrogens (tertiary/aromatic N) is 2. The first-order valence-electron chi connectivity index (χ1n) is 11.4. The van der Waals surface area contributed by atoms with Crippen molar-refractivity contribution in [2.45, 2.75) is 97.3 Å². The second-order valence-corrected chi connectivity index (χ2v) is 8.29. The van der Waals surface area contributed by atoms with E-state index in [0.717, 1.165) is 36.5 Å². The number of rotatable bonds is 15. The van der Waals surface area contributed by atoms with Crippen molar-refractivity contribution in [3.05, 3.63) is 0 Å². The SMILES string of the molecule is CCCCC1C(CCC)CCC(CCCCN=C=O)C1CCCCN=C=O. The maximum absolute atomic E-state index is 10.3. The van der Waals surface area contributed by atoms with E-state index in [1.807, 2.05) is 0 Å². The van der Waals surface area contributed by atoms with E-state index in [-0.39, 0.29) is 0 Å². The minimum absolute atomic E-state index is 0.627. The molecule has 1 aliphatic carbocycles. The molecule has 4 unspecified atom stereocenters. The number of hydrogen-bond donors (Lipinski definition) is 0. The maximum atomic E-state index is 10.3. The molecule has 4 heteroatoms. The van der Waals surface area contributed by atoms with Crippen LogP contribution < -0.4 is 0 Å². The van der Waals surface area contributed by atoms with Crippen molar-refractivity contribution < 1.29 is 9.59 Å². The highest BCUT2D eigenvalue weighted by atomic mass is 16.1. The van der Waals surface area contributed by atoms with Gasteiger partial charge >= 0.3 is 0 Å². The van der Waals surface area contributed by atoms with E-state index in [9.17, 15) is 9.59 Å². The lowest BCUT2D eigenvalue weighted by Gasteiger charge is -2.44. The highest BCUT2D eigenvalue weighted by molar-refractivity contribution is 5.32.